The Morgan fingerprint density at radius 3 is 2.14 bits per heavy atom. The molecule has 5 heteroatoms. The van der Waals surface area contributed by atoms with Gasteiger partial charge in [-0.1, -0.05) is 51.9 Å². The Hall–Kier alpha value is -1.10. The van der Waals surface area contributed by atoms with E-state index in [0.29, 0.717) is 6.42 Å². The second-order valence-electron chi connectivity index (χ2n) is 6.00. The van der Waals surface area contributed by atoms with Gasteiger partial charge in [0.25, 0.3) is 0 Å². The topological polar surface area (TPSA) is 61.8 Å². The van der Waals surface area contributed by atoms with Crippen molar-refractivity contribution in [2.24, 2.45) is 5.92 Å². The van der Waals surface area contributed by atoms with Crippen LogP contribution in [-0.4, -0.2) is 38.4 Å². The SMILES string of the molecule is CCCCCCCCC[C@@H]1C[C@H](C(=O)OC)O[C@@H]1C(=O)OC. The monoisotopic (exact) mass is 314 g/mol. The molecule has 1 saturated heterocycles. The molecule has 0 aliphatic carbocycles. The van der Waals surface area contributed by atoms with Gasteiger partial charge < -0.3 is 14.2 Å². The van der Waals surface area contributed by atoms with Crippen molar-refractivity contribution in [2.45, 2.75) is 76.9 Å². The average Bonchev–Trinajstić information content (AvgIpc) is 2.96. The molecule has 1 fully saturated rings. The molecule has 1 rings (SSSR count). The maximum Gasteiger partial charge on any atom is 0.335 e. The van der Waals surface area contributed by atoms with Crippen molar-refractivity contribution < 1.29 is 23.8 Å². The Morgan fingerprint density at radius 2 is 1.55 bits per heavy atom. The second kappa shape index (κ2) is 10.6. The summed E-state index contributed by atoms with van der Waals surface area (Å²) in [5.41, 5.74) is 0. The first-order chi connectivity index (χ1) is 10.6. The molecule has 0 unspecified atom stereocenters. The molecule has 0 bridgehead atoms. The van der Waals surface area contributed by atoms with E-state index < -0.39 is 18.2 Å². The van der Waals surface area contributed by atoms with Crippen LogP contribution in [-0.2, 0) is 23.8 Å². The fraction of sp³-hybridized carbons (Fsp3) is 0.882. The Morgan fingerprint density at radius 1 is 0.955 bits per heavy atom. The molecule has 3 atom stereocenters. The third-order valence-electron chi connectivity index (χ3n) is 4.33. The third-order valence-corrected chi connectivity index (χ3v) is 4.33. The molecular formula is C17H30O5. The van der Waals surface area contributed by atoms with Crippen molar-refractivity contribution >= 4 is 11.9 Å². The summed E-state index contributed by atoms with van der Waals surface area (Å²) in [6, 6.07) is 0. The lowest BCUT2D eigenvalue weighted by Gasteiger charge is -2.15. The number of hydrogen-bond acceptors (Lipinski definition) is 5. The van der Waals surface area contributed by atoms with Gasteiger partial charge in [0.2, 0.25) is 0 Å². The first-order valence-electron chi connectivity index (χ1n) is 8.45. The minimum absolute atomic E-state index is 0.0483. The predicted molar refractivity (Wildman–Crippen MR) is 83.4 cm³/mol. The van der Waals surface area contributed by atoms with Gasteiger partial charge in [0.15, 0.2) is 12.2 Å². The molecule has 0 aromatic rings. The van der Waals surface area contributed by atoms with Crippen LogP contribution in [0.25, 0.3) is 0 Å². The summed E-state index contributed by atoms with van der Waals surface area (Å²) >= 11 is 0. The van der Waals surface area contributed by atoms with Gasteiger partial charge in [0.05, 0.1) is 14.2 Å². The van der Waals surface area contributed by atoms with E-state index in [1.165, 1.54) is 46.3 Å². The summed E-state index contributed by atoms with van der Waals surface area (Å²) < 4.78 is 15.0. The first kappa shape index (κ1) is 18.9. The van der Waals surface area contributed by atoms with Crippen molar-refractivity contribution in [2.75, 3.05) is 14.2 Å². The maximum absolute atomic E-state index is 11.8. The van der Waals surface area contributed by atoms with Crippen molar-refractivity contribution in [3.63, 3.8) is 0 Å². The minimum Gasteiger partial charge on any atom is -0.467 e. The summed E-state index contributed by atoms with van der Waals surface area (Å²) in [5.74, 6) is -0.748. The highest BCUT2D eigenvalue weighted by Crippen LogP contribution is 2.32. The second-order valence-corrected chi connectivity index (χ2v) is 6.00. The normalized spacial score (nSPS) is 24.2. The lowest BCUT2D eigenvalue weighted by molar-refractivity contribution is -0.162. The van der Waals surface area contributed by atoms with Crippen molar-refractivity contribution in [1.29, 1.82) is 0 Å². The van der Waals surface area contributed by atoms with Crippen molar-refractivity contribution in [3.05, 3.63) is 0 Å². The van der Waals surface area contributed by atoms with Gasteiger partial charge in [0, 0.05) is 0 Å². The largest absolute Gasteiger partial charge is 0.467 e. The minimum atomic E-state index is -0.636. The highest BCUT2D eigenvalue weighted by Gasteiger charge is 2.43. The summed E-state index contributed by atoms with van der Waals surface area (Å²) in [6.07, 6.45) is 8.77. The molecule has 22 heavy (non-hydrogen) atoms. The Bertz CT molecular complexity index is 342. The molecule has 1 heterocycles. The Kier molecular flexibility index (Phi) is 9.13. The number of esters is 2. The van der Waals surface area contributed by atoms with E-state index in [0.717, 1.165) is 19.3 Å². The number of ether oxygens (including phenoxy) is 3. The van der Waals surface area contributed by atoms with Gasteiger partial charge in [-0.15, -0.1) is 0 Å². The van der Waals surface area contributed by atoms with Crippen molar-refractivity contribution in [1.82, 2.24) is 0 Å². The molecule has 1 aliphatic rings. The summed E-state index contributed by atoms with van der Waals surface area (Å²) in [4.78, 5) is 23.4. The molecule has 0 amide bonds. The molecule has 0 aromatic carbocycles. The van der Waals surface area contributed by atoms with Gasteiger partial charge >= 0.3 is 11.9 Å². The van der Waals surface area contributed by atoms with Crippen LogP contribution in [0.4, 0.5) is 0 Å². The van der Waals surface area contributed by atoms with Crippen LogP contribution in [0.2, 0.25) is 0 Å². The van der Waals surface area contributed by atoms with Gasteiger partial charge in [-0.25, -0.2) is 9.59 Å². The Balaban J connectivity index is 2.34. The van der Waals surface area contributed by atoms with E-state index in [2.05, 4.69) is 6.92 Å². The number of unbranched alkanes of at least 4 members (excludes halogenated alkanes) is 6. The van der Waals surface area contributed by atoms with E-state index in [1.54, 1.807) is 0 Å². The van der Waals surface area contributed by atoms with Gasteiger partial charge in [-0.2, -0.15) is 0 Å². The van der Waals surface area contributed by atoms with Crippen molar-refractivity contribution in [3.8, 4) is 0 Å². The van der Waals surface area contributed by atoms with Crippen LogP contribution in [0.3, 0.4) is 0 Å². The van der Waals surface area contributed by atoms with E-state index in [4.69, 9.17) is 14.2 Å². The molecule has 0 radical (unpaired) electrons. The molecule has 5 nitrogen and oxygen atoms in total. The highest BCUT2D eigenvalue weighted by molar-refractivity contribution is 5.79. The number of rotatable bonds is 10. The van der Waals surface area contributed by atoms with Crippen LogP contribution in [0.5, 0.6) is 0 Å². The van der Waals surface area contributed by atoms with Crippen LogP contribution >= 0.6 is 0 Å². The summed E-state index contributed by atoms with van der Waals surface area (Å²) in [7, 11) is 2.68. The summed E-state index contributed by atoms with van der Waals surface area (Å²) in [6.45, 7) is 2.21. The average molecular weight is 314 g/mol. The zero-order chi connectivity index (χ0) is 16.4. The van der Waals surface area contributed by atoms with Crippen LogP contribution in [0.1, 0.15) is 64.7 Å². The molecular weight excluding hydrogens is 284 g/mol. The highest BCUT2D eigenvalue weighted by atomic mass is 16.6. The smallest absolute Gasteiger partial charge is 0.335 e. The Labute approximate surface area is 133 Å². The first-order valence-corrected chi connectivity index (χ1v) is 8.45. The molecule has 0 spiro atoms. The zero-order valence-corrected chi connectivity index (χ0v) is 14.1. The van der Waals surface area contributed by atoms with E-state index in [-0.39, 0.29) is 11.9 Å². The van der Waals surface area contributed by atoms with Gasteiger partial charge in [-0.05, 0) is 18.8 Å². The molecule has 0 aromatic heterocycles. The molecule has 0 N–H and O–H groups in total. The maximum atomic E-state index is 11.8. The fourth-order valence-electron chi connectivity index (χ4n) is 3.02. The number of methoxy groups -OCH3 is 2. The summed E-state index contributed by atoms with van der Waals surface area (Å²) in [5, 5.41) is 0. The third kappa shape index (κ3) is 5.95. The lowest BCUT2D eigenvalue weighted by atomic mass is 9.92. The van der Waals surface area contributed by atoms with E-state index in [9.17, 15) is 9.59 Å². The molecule has 1 aliphatic heterocycles. The van der Waals surface area contributed by atoms with Gasteiger partial charge in [0.1, 0.15) is 0 Å². The number of carbonyl (C=O) groups excluding carboxylic acids is 2. The van der Waals surface area contributed by atoms with Crippen LogP contribution < -0.4 is 0 Å². The number of carbonyl (C=O) groups is 2. The van der Waals surface area contributed by atoms with Crippen LogP contribution in [0, 0.1) is 5.92 Å². The van der Waals surface area contributed by atoms with Crippen LogP contribution in [0.15, 0.2) is 0 Å². The predicted octanol–water partition coefficient (Wildman–Crippen LogP) is 3.25. The number of hydrogen-bond donors (Lipinski definition) is 0. The van der Waals surface area contributed by atoms with E-state index in [1.807, 2.05) is 0 Å². The zero-order valence-electron chi connectivity index (χ0n) is 14.1. The van der Waals surface area contributed by atoms with E-state index >= 15 is 0 Å². The standard InChI is InChI=1S/C17H30O5/c1-4-5-6-7-8-9-10-11-13-12-14(16(18)20-2)22-15(13)17(19)21-3/h13-15H,4-12H2,1-3H3/t13-,14-,15+/m1/s1. The fourth-order valence-corrected chi connectivity index (χ4v) is 3.02. The van der Waals surface area contributed by atoms with Gasteiger partial charge in [-0.3, -0.25) is 0 Å². The quantitative estimate of drug-likeness (QED) is 0.457. The molecule has 128 valence electrons. The lowest BCUT2D eigenvalue weighted by Crippen LogP contribution is -2.29. The molecule has 0 saturated carbocycles.